The molecule has 0 amide bonds. The first-order chi connectivity index (χ1) is 8.17. The van der Waals surface area contributed by atoms with Crippen LogP contribution in [0.15, 0.2) is 36.2 Å². The minimum Gasteiger partial charge on any atom is -0.356 e. The molecule has 0 aliphatic heterocycles. The van der Waals surface area contributed by atoms with Gasteiger partial charge in [0, 0.05) is 15.0 Å². The summed E-state index contributed by atoms with van der Waals surface area (Å²) in [7, 11) is 0. The van der Waals surface area contributed by atoms with Crippen LogP contribution in [0, 0.1) is 0 Å². The lowest BCUT2D eigenvalue weighted by molar-refractivity contribution is -0.161. The largest absolute Gasteiger partial charge is 0.356 e. The molecule has 0 aromatic heterocycles. The van der Waals surface area contributed by atoms with Gasteiger partial charge in [0.05, 0.1) is 5.60 Å². The lowest BCUT2D eigenvalue weighted by atomic mass is 10.2. The lowest BCUT2D eigenvalue weighted by Crippen LogP contribution is -2.32. The minimum absolute atomic E-state index is 0. The van der Waals surface area contributed by atoms with Gasteiger partial charge in [0.1, 0.15) is 5.83 Å². The molecule has 0 aromatic rings. The van der Waals surface area contributed by atoms with Crippen LogP contribution < -0.4 is 11.5 Å². The molecule has 110 valence electrons. The van der Waals surface area contributed by atoms with Crippen LogP contribution in [0.3, 0.4) is 0 Å². The molecule has 0 heterocycles. The Morgan fingerprint density at radius 2 is 2.06 bits per heavy atom. The summed E-state index contributed by atoms with van der Waals surface area (Å²) in [5.41, 5.74) is 10.3. The maximum absolute atomic E-state index is 12.6. The molecule has 5 N–H and O–H groups in total. The molecule has 0 spiro atoms. The Morgan fingerprint density at radius 3 is 2.22 bits per heavy atom. The number of aliphatic hydroxyl groups excluding tert-OH is 1. The van der Waals surface area contributed by atoms with E-state index in [-0.39, 0.29) is 20.8 Å². The van der Waals surface area contributed by atoms with E-state index in [9.17, 15) is 4.39 Å². The van der Waals surface area contributed by atoms with E-state index in [0.717, 1.165) is 0 Å². The Kier molecular flexibility index (Phi) is 10.7. The van der Waals surface area contributed by atoms with E-state index >= 15 is 0 Å². The zero-order valence-corrected chi connectivity index (χ0v) is 11.6. The van der Waals surface area contributed by atoms with E-state index < -0.39 is 6.41 Å². The number of halogens is 1. The van der Waals surface area contributed by atoms with Gasteiger partial charge in [-0.15, -0.1) is 0 Å². The van der Waals surface area contributed by atoms with Crippen LogP contribution in [0.2, 0.25) is 0 Å². The zero-order chi connectivity index (χ0) is 14.8. The number of ether oxygens (including phenoxy) is 1. The third-order valence-corrected chi connectivity index (χ3v) is 1.57. The molecule has 18 heavy (non-hydrogen) atoms. The lowest BCUT2D eigenvalue weighted by Gasteiger charge is -2.20. The quantitative estimate of drug-likeness (QED) is 0.538. The minimum atomic E-state index is -1.16. The van der Waals surface area contributed by atoms with Gasteiger partial charge in [-0.1, -0.05) is 24.8 Å². The van der Waals surface area contributed by atoms with Crippen LogP contribution >= 0.6 is 0 Å². The third kappa shape index (κ3) is 13.1. The van der Waals surface area contributed by atoms with Crippen LogP contribution in [0.4, 0.5) is 4.39 Å². The number of nitrogens with two attached hydrogens (primary N) is 2. The fraction of sp³-hybridized carbons (Fsp3) is 0.538. The number of allylic oxidation sites excluding steroid dienone is 3. The first kappa shape index (κ1) is 19.3. The van der Waals surface area contributed by atoms with Crippen molar-refractivity contribution < 1.29 is 17.1 Å². The molecule has 1 atom stereocenters. The highest BCUT2D eigenvalue weighted by Gasteiger charge is 2.12. The third-order valence-electron chi connectivity index (χ3n) is 1.57. The van der Waals surface area contributed by atoms with Crippen molar-refractivity contribution in [3.05, 3.63) is 36.2 Å². The first-order valence-electron chi connectivity index (χ1n) is 5.63. The normalized spacial score (nSPS) is 14.7. The van der Waals surface area contributed by atoms with Crippen molar-refractivity contribution in [2.45, 2.75) is 39.7 Å². The SMILES string of the molecule is C=C/C=C(CN)\C(F)=C/C.CC(C)(C)OC(N)O.[HH].[HH]. The summed E-state index contributed by atoms with van der Waals surface area (Å²) in [4.78, 5) is 0. The molecular weight excluding hydrogens is 235 g/mol. The number of rotatable bonds is 4. The standard InChI is InChI=1S/C8H12FN.C5H13NO2.2H2/c1-3-5-7(6-10)8(9)4-2;1-5(2,3)8-4(6)7;;/h3-5H,1,6,10H2,2H3;4,7H,6H2,1-3H3;2*1H/b7-5-,8-4+;;;. The average Bonchev–Trinajstić information content (AvgIpc) is 2.22. The van der Waals surface area contributed by atoms with Gasteiger partial charge in [-0.25, -0.2) is 4.39 Å². The number of hydrogen-bond donors (Lipinski definition) is 3. The highest BCUT2D eigenvalue weighted by molar-refractivity contribution is 5.28. The second-order valence-corrected chi connectivity index (χ2v) is 4.39. The molecule has 0 saturated heterocycles. The van der Waals surface area contributed by atoms with Crippen molar-refractivity contribution in [3.63, 3.8) is 0 Å². The predicted octanol–water partition coefficient (Wildman–Crippen LogP) is 2.46. The van der Waals surface area contributed by atoms with Crippen molar-refractivity contribution in [1.29, 1.82) is 0 Å². The van der Waals surface area contributed by atoms with Crippen molar-refractivity contribution in [2.24, 2.45) is 11.5 Å². The van der Waals surface area contributed by atoms with Crippen LogP contribution in [-0.4, -0.2) is 23.7 Å². The summed E-state index contributed by atoms with van der Waals surface area (Å²) in [5.74, 6) is -0.276. The molecule has 0 rings (SSSR count). The smallest absolute Gasteiger partial charge is 0.211 e. The van der Waals surface area contributed by atoms with Gasteiger partial charge in [-0.3, -0.25) is 5.73 Å². The molecule has 0 radical (unpaired) electrons. The van der Waals surface area contributed by atoms with Gasteiger partial charge < -0.3 is 15.6 Å². The topological polar surface area (TPSA) is 81.5 Å². The van der Waals surface area contributed by atoms with Crippen molar-refractivity contribution in [2.75, 3.05) is 6.54 Å². The van der Waals surface area contributed by atoms with Crippen LogP contribution in [0.1, 0.15) is 30.5 Å². The second-order valence-electron chi connectivity index (χ2n) is 4.39. The Hall–Kier alpha value is -1.01. The van der Waals surface area contributed by atoms with Crippen molar-refractivity contribution in [3.8, 4) is 0 Å². The molecule has 5 heteroatoms. The maximum atomic E-state index is 12.6. The molecule has 0 fully saturated rings. The Bertz CT molecular complexity index is 301. The Morgan fingerprint density at radius 1 is 1.56 bits per heavy atom. The van der Waals surface area contributed by atoms with Gasteiger partial charge in [-0.2, -0.15) is 0 Å². The maximum Gasteiger partial charge on any atom is 0.211 e. The van der Waals surface area contributed by atoms with E-state index in [1.54, 1.807) is 13.0 Å². The van der Waals surface area contributed by atoms with E-state index in [2.05, 4.69) is 6.58 Å². The van der Waals surface area contributed by atoms with Gasteiger partial charge in [0.25, 0.3) is 0 Å². The highest BCUT2D eigenvalue weighted by atomic mass is 19.1. The van der Waals surface area contributed by atoms with Crippen LogP contribution in [-0.2, 0) is 4.74 Å². The van der Waals surface area contributed by atoms with Gasteiger partial charge >= 0.3 is 0 Å². The molecule has 0 aliphatic rings. The fourth-order valence-electron chi connectivity index (χ4n) is 0.935. The zero-order valence-electron chi connectivity index (χ0n) is 11.6. The predicted molar refractivity (Wildman–Crippen MR) is 77.5 cm³/mol. The van der Waals surface area contributed by atoms with E-state index in [1.807, 2.05) is 20.8 Å². The molecule has 0 aromatic carbocycles. The molecule has 4 nitrogen and oxygen atoms in total. The highest BCUT2D eigenvalue weighted by Crippen LogP contribution is 2.08. The summed E-state index contributed by atoms with van der Waals surface area (Å²) < 4.78 is 17.4. The van der Waals surface area contributed by atoms with E-state index in [4.69, 9.17) is 21.3 Å². The van der Waals surface area contributed by atoms with E-state index in [0.29, 0.717) is 5.57 Å². The van der Waals surface area contributed by atoms with Gasteiger partial charge in [0.2, 0.25) is 6.41 Å². The Balaban J connectivity index is -0.000000119. The Labute approximate surface area is 112 Å². The summed E-state index contributed by atoms with van der Waals surface area (Å²) in [5, 5.41) is 8.44. The number of aliphatic hydroxyl groups is 1. The summed E-state index contributed by atoms with van der Waals surface area (Å²) in [6.45, 7) is 10.7. The summed E-state index contributed by atoms with van der Waals surface area (Å²) in [6, 6.07) is 0. The summed E-state index contributed by atoms with van der Waals surface area (Å²) in [6.07, 6.45) is 3.30. The molecule has 0 bridgehead atoms. The fourth-order valence-corrected chi connectivity index (χ4v) is 0.935. The molecule has 0 aliphatic carbocycles. The second kappa shape index (κ2) is 9.96. The van der Waals surface area contributed by atoms with E-state index in [1.165, 1.54) is 12.2 Å². The van der Waals surface area contributed by atoms with Crippen LogP contribution in [0.25, 0.3) is 0 Å². The number of hydrogen-bond acceptors (Lipinski definition) is 4. The first-order valence-corrected chi connectivity index (χ1v) is 5.63. The summed E-state index contributed by atoms with van der Waals surface area (Å²) >= 11 is 0. The van der Waals surface area contributed by atoms with Crippen LogP contribution in [0.5, 0.6) is 0 Å². The molecule has 0 saturated carbocycles. The van der Waals surface area contributed by atoms with Gasteiger partial charge in [-0.05, 0) is 27.7 Å². The van der Waals surface area contributed by atoms with Gasteiger partial charge in [0.15, 0.2) is 0 Å². The van der Waals surface area contributed by atoms with Crippen molar-refractivity contribution in [1.82, 2.24) is 0 Å². The average molecular weight is 264 g/mol. The molecular formula is C13H29FN2O2. The molecule has 1 unspecified atom stereocenters. The van der Waals surface area contributed by atoms with Crippen molar-refractivity contribution >= 4 is 0 Å². The monoisotopic (exact) mass is 264 g/mol.